The molecule has 1 saturated heterocycles. The van der Waals surface area contributed by atoms with E-state index >= 15 is 0 Å². The number of hydrogen-bond donors (Lipinski definition) is 2. The lowest BCUT2D eigenvalue weighted by Gasteiger charge is -2.45. The zero-order valence-electron chi connectivity index (χ0n) is 18.4. The van der Waals surface area contributed by atoms with Crippen LogP contribution in [0.4, 0.5) is 16.3 Å². The molecule has 4 heterocycles. The summed E-state index contributed by atoms with van der Waals surface area (Å²) in [4.78, 5) is 17.6. The first-order valence-electron chi connectivity index (χ1n) is 10.2. The summed E-state index contributed by atoms with van der Waals surface area (Å²) in [7, 11) is 3.35. The van der Waals surface area contributed by atoms with Crippen LogP contribution in [0.25, 0.3) is 28.0 Å². The van der Waals surface area contributed by atoms with Crippen LogP contribution < -0.4 is 15.4 Å². The molecule has 11 heteroatoms. The second kappa shape index (κ2) is 7.48. The van der Waals surface area contributed by atoms with Crippen LogP contribution in [0.5, 0.6) is 5.75 Å². The van der Waals surface area contributed by atoms with Crippen LogP contribution in [0.1, 0.15) is 6.92 Å². The second-order valence-corrected chi connectivity index (χ2v) is 8.22. The van der Waals surface area contributed by atoms with E-state index in [2.05, 4.69) is 15.2 Å². The van der Waals surface area contributed by atoms with E-state index < -0.39 is 11.6 Å². The van der Waals surface area contributed by atoms with E-state index in [9.17, 15) is 9.90 Å². The van der Waals surface area contributed by atoms with E-state index in [0.717, 1.165) is 22.5 Å². The monoisotopic (exact) mass is 449 g/mol. The first kappa shape index (κ1) is 20.8. The van der Waals surface area contributed by atoms with Crippen LogP contribution in [0, 0.1) is 0 Å². The number of ether oxygens (including phenoxy) is 2. The first-order valence-corrected chi connectivity index (χ1v) is 10.2. The number of aryl methyl sites for hydroxylation is 1. The van der Waals surface area contributed by atoms with Gasteiger partial charge in [-0.1, -0.05) is 6.07 Å². The Morgan fingerprint density at radius 2 is 2.09 bits per heavy atom. The van der Waals surface area contributed by atoms with Gasteiger partial charge in [0.25, 0.3) is 0 Å². The van der Waals surface area contributed by atoms with Crippen LogP contribution in [0.2, 0.25) is 0 Å². The van der Waals surface area contributed by atoms with Gasteiger partial charge < -0.3 is 20.3 Å². The molecular weight excluding hydrogens is 426 g/mol. The largest absolute Gasteiger partial charge is 0.495 e. The molecule has 170 valence electrons. The van der Waals surface area contributed by atoms with Gasteiger partial charge in [0.1, 0.15) is 23.3 Å². The maximum Gasteiger partial charge on any atom is 0.412 e. The Morgan fingerprint density at radius 1 is 1.30 bits per heavy atom. The molecule has 0 unspecified atom stereocenters. The number of benzene rings is 1. The van der Waals surface area contributed by atoms with Crippen LogP contribution in [-0.2, 0) is 11.8 Å². The molecule has 1 aliphatic heterocycles. The summed E-state index contributed by atoms with van der Waals surface area (Å²) in [5.74, 6) is 0.730. The highest BCUT2D eigenvalue weighted by Gasteiger charge is 2.44. The first-order chi connectivity index (χ1) is 15.8. The topological polar surface area (TPSA) is 133 Å². The predicted molar refractivity (Wildman–Crippen MR) is 121 cm³/mol. The van der Waals surface area contributed by atoms with Crippen molar-refractivity contribution in [3.05, 3.63) is 42.9 Å². The summed E-state index contributed by atoms with van der Waals surface area (Å²) in [5, 5.41) is 18.8. The minimum atomic E-state index is -1.07. The minimum absolute atomic E-state index is 0.315. The van der Waals surface area contributed by atoms with Crippen molar-refractivity contribution in [3.8, 4) is 28.3 Å². The van der Waals surface area contributed by atoms with Gasteiger partial charge in [-0.2, -0.15) is 10.2 Å². The molecule has 0 spiro atoms. The van der Waals surface area contributed by atoms with E-state index in [4.69, 9.17) is 15.2 Å². The molecule has 0 bridgehead atoms. The maximum absolute atomic E-state index is 12.1. The molecule has 0 atom stereocenters. The molecule has 0 aliphatic carbocycles. The molecule has 1 fully saturated rings. The summed E-state index contributed by atoms with van der Waals surface area (Å²) in [5.41, 5.74) is 9.68. The third-order valence-corrected chi connectivity index (χ3v) is 5.85. The number of fused-ring (bicyclic) bond motifs is 1. The molecule has 5 rings (SSSR count). The molecule has 1 amide bonds. The smallest absolute Gasteiger partial charge is 0.412 e. The van der Waals surface area contributed by atoms with Crippen molar-refractivity contribution < 1.29 is 19.4 Å². The van der Waals surface area contributed by atoms with Gasteiger partial charge in [-0.3, -0.25) is 9.58 Å². The van der Waals surface area contributed by atoms with Gasteiger partial charge in [0, 0.05) is 18.8 Å². The summed E-state index contributed by atoms with van der Waals surface area (Å²) < 4.78 is 14.3. The third-order valence-electron chi connectivity index (χ3n) is 5.85. The summed E-state index contributed by atoms with van der Waals surface area (Å²) in [6.45, 7) is 2.47. The summed E-state index contributed by atoms with van der Waals surface area (Å²) in [6.07, 6.45) is 2.17. The third kappa shape index (κ3) is 3.24. The molecule has 4 aromatic rings. The van der Waals surface area contributed by atoms with Gasteiger partial charge in [0.2, 0.25) is 0 Å². The lowest BCUT2D eigenvalue weighted by molar-refractivity contribution is -0.0458. The minimum Gasteiger partial charge on any atom is -0.495 e. The van der Waals surface area contributed by atoms with E-state index in [1.54, 1.807) is 21.3 Å². The summed E-state index contributed by atoms with van der Waals surface area (Å²) >= 11 is 0. The quantitative estimate of drug-likeness (QED) is 0.475. The number of nitrogen functional groups attached to an aromatic ring is 1. The van der Waals surface area contributed by atoms with Gasteiger partial charge in [0.15, 0.2) is 5.82 Å². The number of methoxy groups -OCH3 is 1. The molecule has 3 aromatic heterocycles. The zero-order valence-corrected chi connectivity index (χ0v) is 18.4. The van der Waals surface area contributed by atoms with Crippen LogP contribution >= 0.6 is 0 Å². The summed E-state index contributed by atoms with van der Waals surface area (Å²) in [6, 6.07) is 9.18. The average Bonchev–Trinajstić information content (AvgIpc) is 3.37. The number of carbonyl (C=O) groups is 1. The lowest BCUT2D eigenvalue weighted by atomic mass is 9.96. The van der Waals surface area contributed by atoms with Crippen molar-refractivity contribution in [2.45, 2.75) is 12.5 Å². The van der Waals surface area contributed by atoms with Gasteiger partial charge in [0.05, 0.1) is 37.2 Å². The van der Waals surface area contributed by atoms with Crippen LogP contribution in [0.3, 0.4) is 0 Å². The Morgan fingerprint density at radius 3 is 2.70 bits per heavy atom. The lowest BCUT2D eigenvalue weighted by Crippen LogP contribution is -2.62. The van der Waals surface area contributed by atoms with Crippen LogP contribution in [-0.4, -0.2) is 61.4 Å². The molecule has 11 nitrogen and oxygen atoms in total. The Bertz CT molecular complexity index is 1370. The standard InChI is InChI=1S/C22H23N7O4/c1-22(10-33-11-22)28(21(30)31)16-5-4-13(8-18(16)32-3)14-9-17(15-6-7-27(2)26-15)29-19(14)20(23)24-12-25-29/h4-9,12H,10-11H2,1-3H3,(H,30,31)(H2,23,24,25). The fourth-order valence-electron chi connectivity index (χ4n) is 4.20. The van der Waals surface area contributed by atoms with Gasteiger partial charge in [-0.05, 0) is 36.8 Å². The normalized spacial score (nSPS) is 14.8. The fourth-order valence-corrected chi connectivity index (χ4v) is 4.20. The number of nitrogens with two attached hydrogens (primary N) is 1. The van der Waals surface area contributed by atoms with Crippen LogP contribution in [0.15, 0.2) is 42.9 Å². The van der Waals surface area contributed by atoms with Crippen molar-refractivity contribution in [2.75, 3.05) is 31.0 Å². The molecule has 1 aliphatic rings. The highest BCUT2D eigenvalue weighted by molar-refractivity contribution is 5.95. The average molecular weight is 449 g/mol. The number of rotatable bonds is 5. The predicted octanol–water partition coefficient (Wildman–Crippen LogP) is 2.66. The van der Waals surface area contributed by atoms with Crippen molar-refractivity contribution >= 4 is 23.1 Å². The molecular formula is C22H23N7O4. The van der Waals surface area contributed by atoms with Crippen molar-refractivity contribution in [1.82, 2.24) is 24.4 Å². The SMILES string of the molecule is COc1cc(-c2cc(-c3ccn(C)n3)n3ncnc(N)c23)ccc1N(C(=O)O)C1(C)COC1. The molecule has 33 heavy (non-hydrogen) atoms. The molecule has 1 aromatic carbocycles. The second-order valence-electron chi connectivity index (χ2n) is 8.22. The van der Waals surface area contributed by atoms with E-state index in [-0.39, 0.29) is 0 Å². The van der Waals surface area contributed by atoms with Gasteiger partial charge in [-0.25, -0.2) is 14.3 Å². The Balaban J connectivity index is 1.67. The maximum atomic E-state index is 12.1. The number of hydrogen-bond acceptors (Lipinski definition) is 7. The van der Waals surface area contributed by atoms with Gasteiger partial charge >= 0.3 is 6.09 Å². The highest BCUT2D eigenvalue weighted by Crippen LogP contribution is 2.41. The molecule has 0 saturated carbocycles. The Hall–Kier alpha value is -4.12. The fraction of sp³-hybridized carbons (Fsp3) is 0.273. The Kier molecular flexibility index (Phi) is 4.71. The number of amides is 1. The number of carboxylic acid groups (broad SMARTS) is 1. The van der Waals surface area contributed by atoms with Crippen molar-refractivity contribution in [3.63, 3.8) is 0 Å². The highest BCUT2D eigenvalue weighted by atomic mass is 16.5. The molecule has 0 radical (unpaired) electrons. The number of anilines is 2. The van der Waals surface area contributed by atoms with E-state index in [0.29, 0.717) is 36.0 Å². The molecule has 3 N–H and O–H groups in total. The zero-order chi connectivity index (χ0) is 23.3. The van der Waals surface area contributed by atoms with E-state index in [1.165, 1.54) is 18.3 Å². The van der Waals surface area contributed by atoms with Gasteiger partial charge in [-0.15, -0.1) is 0 Å². The number of nitrogens with zero attached hydrogens (tertiary/aromatic N) is 6. The number of aromatic nitrogens is 5. The van der Waals surface area contributed by atoms with Crippen molar-refractivity contribution in [2.24, 2.45) is 7.05 Å². The van der Waals surface area contributed by atoms with Crippen molar-refractivity contribution in [1.29, 1.82) is 0 Å². The van der Waals surface area contributed by atoms with E-state index in [1.807, 2.05) is 38.4 Å². The Labute approximate surface area is 189 Å².